The molecule has 27 heavy (non-hydrogen) atoms. The fourth-order valence-electron chi connectivity index (χ4n) is 2.54. The van der Waals surface area contributed by atoms with Gasteiger partial charge in [-0.15, -0.1) is 0 Å². The minimum Gasteiger partial charge on any atom is -0.497 e. The molecule has 0 aliphatic rings. The van der Waals surface area contributed by atoms with Crippen LogP contribution < -0.4 is 9.47 Å². The summed E-state index contributed by atoms with van der Waals surface area (Å²) in [5.41, 5.74) is 2.38. The standard InChI is InChI=1S/C22H24O5/c1-4-5-16-6-8-17(9-7-16)20(23)15-27-22(24)13-10-18-14-19(25-2)11-12-21(18)26-3/h6-14H,4-5,15H2,1-3H3/b13-10+. The lowest BCUT2D eigenvalue weighted by molar-refractivity contribution is -0.136. The number of Topliss-reactive ketones (excluding diaryl/α,β-unsaturated/α-hetero) is 1. The molecule has 0 unspecified atom stereocenters. The molecular weight excluding hydrogens is 344 g/mol. The Hall–Kier alpha value is -3.08. The third-order valence-corrected chi connectivity index (χ3v) is 4.00. The van der Waals surface area contributed by atoms with Crippen LogP contribution in [0.1, 0.15) is 34.8 Å². The summed E-state index contributed by atoms with van der Waals surface area (Å²) in [6.45, 7) is 1.80. The van der Waals surface area contributed by atoms with E-state index in [1.54, 1.807) is 50.6 Å². The molecule has 0 heterocycles. The van der Waals surface area contributed by atoms with E-state index in [-0.39, 0.29) is 12.4 Å². The molecule has 0 aromatic heterocycles. The Morgan fingerprint density at radius 1 is 1.00 bits per heavy atom. The summed E-state index contributed by atoms with van der Waals surface area (Å²) in [6.07, 6.45) is 4.85. The number of carbonyl (C=O) groups is 2. The van der Waals surface area contributed by atoms with E-state index in [2.05, 4.69) is 6.92 Å². The van der Waals surface area contributed by atoms with Gasteiger partial charge in [0.1, 0.15) is 11.5 Å². The molecule has 5 nitrogen and oxygen atoms in total. The van der Waals surface area contributed by atoms with Gasteiger partial charge in [-0.3, -0.25) is 4.79 Å². The number of ether oxygens (including phenoxy) is 3. The van der Waals surface area contributed by atoms with Gasteiger partial charge in [-0.2, -0.15) is 0 Å². The highest BCUT2D eigenvalue weighted by atomic mass is 16.5. The van der Waals surface area contributed by atoms with Crippen LogP contribution in [0.3, 0.4) is 0 Å². The maximum Gasteiger partial charge on any atom is 0.331 e. The quantitative estimate of drug-likeness (QED) is 0.379. The molecule has 0 bridgehead atoms. The zero-order valence-corrected chi connectivity index (χ0v) is 15.9. The van der Waals surface area contributed by atoms with E-state index in [1.165, 1.54) is 11.6 Å². The van der Waals surface area contributed by atoms with Crippen molar-refractivity contribution < 1.29 is 23.8 Å². The Morgan fingerprint density at radius 3 is 2.37 bits per heavy atom. The van der Waals surface area contributed by atoms with Gasteiger partial charge in [-0.1, -0.05) is 37.6 Å². The molecule has 2 aromatic carbocycles. The number of aryl methyl sites for hydroxylation is 1. The van der Waals surface area contributed by atoms with Gasteiger partial charge in [-0.25, -0.2) is 4.79 Å². The summed E-state index contributed by atoms with van der Waals surface area (Å²) in [4.78, 5) is 24.1. The first-order valence-electron chi connectivity index (χ1n) is 8.76. The molecule has 0 amide bonds. The van der Waals surface area contributed by atoms with Crippen molar-refractivity contribution in [2.45, 2.75) is 19.8 Å². The van der Waals surface area contributed by atoms with Crippen LogP contribution in [0.15, 0.2) is 48.5 Å². The van der Waals surface area contributed by atoms with Crippen LogP contribution >= 0.6 is 0 Å². The Labute approximate surface area is 159 Å². The van der Waals surface area contributed by atoms with Crippen LogP contribution in [0.4, 0.5) is 0 Å². The predicted octanol–water partition coefficient (Wildman–Crippen LogP) is 4.10. The van der Waals surface area contributed by atoms with Crippen molar-refractivity contribution in [1.29, 1.82) is 0 Å². The molecule has 0 saturated carbocycles. The summed E-state index contributed by atoms with van der Waals surface area (Å²) in [5.74, 6) is 0.406. The molecule has 2 rings (SSSR count). The Bertz CT molecular complexity index is 806. The van der Waals surface area contributed by atoms with Gasteiger partial charge in [-0.05, 0) is 36.3 Å². The molecule has 2 aromatic rings. The lowest BCUT2D eigenvalue weighted by atomic mass is 10.1. The van der Waals surface area contributed by atoms with Crippen LogP contribution in [-0.4, -0.2) is 32.6 Å². The van der Waals surface area contributed by atoms with Crippen LogP contribution in [0.2, 0.25) is 0 Å². The van der Waals surface area contributed by atoms with Gasteiger partial charge >= 0.3 is 5.97 Å². The van der Waals surface area contributed by atoms with Crippen LogP contribution in [0.5, 0.6) is 11.5 Å². The van der Waals surface area contributed by atoms with Crippen molar-refractivity contribution in [2.75, 3.05) is 20.8 Å². The lowest BCUT2D eigenvalue weighted by Gasteiger charge is -2.07. The van der Waals surface area contributed by atoms with Gasteiger partial charge < -0.3 is 14.2 Å². The van der Waals surface area contributed by atoms with Gasteiger partial charge in [0.2, 0.25) is 0 Å². The van der Waals surface area contributed by atoms with Crippen molar-refractivity contribution in [2.24, 2.45) is 0 Å². The van der Waals surface area contributed by atoms with Crippen molar-refractivity contribution in [3.63, 3.8) is 0 Å². The molecule has 0 aliphatic heterocycles. The van der Waals surface area contributed by atoms with Crippen molar-refractivity contribution in [1.82, 2.24) is 0 Å². The second kappa shape index (κ2) is 10.2. The molecular formula is C22H24O5. The summed E-state index contributed by atoms with van der Waals surface area (Å²) in [7, 11) is 3.10. The van der Waals surface area contributed by atoms with Gasteiger partial charge in [0.05, 0.1) is 14.2 Å². The van der Waals surface area contributed by atoms with E-state index in [0.717, 1.165) is 12.8 Å². The molecule has 0 fully saturated rings. The minimum absolute atomic E-state index is 0.237. The number of hydrogen-bond donors (Lipinski definition) is 0. The summed E-state index contributed by atoms with van der Waals surface area (Å²) < 4.78 is 15.4. The third kappa shape index (κ3) is 5.99. The first-order chi connectivity index (χ1) is 13.1. The summed E-state index contributed by atoms with van der Waals surface area (Å²) in [5, 5.41) is 0. The van der Waals surface area contributed by atoms with E-state index < -0.39 is 5.97 Å². The second-order valence-corrected chi connectivity index (χ2v) is 5.92. The van der Waals surface area contributed by atoms with E-state index in [1.807, 2.05) is 12.1 Å². The van der Waals surface area contributed by atoms with E-state index in [4.69, 9.17) is 14.2 Å². The minimum atomic E-state index is -0.601. The maximum absolute atomic E-state index is 12.1. The largest absolute Gasteiger partial charge is 0.497 e. The molecule has 0 aliphatic carbocycles. The normalized spacial score (nSPS) is 10.6. The zero-order chi connectivity index (χ0) is 19.6. The molecule has 0 radical (unpaired) electrons. The number of esters is 1. The maximum atomic E-state index is 12.1. The summed E-state index contributed by atoms with van der Waals surface area (Å²) in [6, 6.07) is 12.6. The Kier molecular flexibility index (Phi) is 7.62. The van der Waals surface area contributed by atoms with Gasteiger partial charge in [0.15, 0.2) is 12.4 Å². The first-order valence-corrected chi connectivity index (χ1v) is 8.76. The average molecular weight is 368 g/mol. The highest BCUT2D eigenvalue weighted by molar-refractivity contribution is 5.99. The molecule has 5 heteroatoms. The van der Waals surface area contributed by atoms with E-state index >= 15 is 0 Å². The molecule has 0 saturated heterocycles. The highest BCUT2D eigenvalue weighted by Crippen LogP contribution is 2.25. The van der Waals surface area contributed by atoms with Crippen LogP contribution in [0, 0.1) is 0 Å². The lowest BCUT2D eigenvalue weighted by Crippen LogP contribution is -2.12. The van der Waals surface area contributed by atoms with E-state index in [0.29, 0.717) is 22.6 Å². The topological polar surface area (TPSA) is 61.8 Å². The van der Waals surface area contributed by atoms with Gasteiger partial charge in [0.25, 0.3) is 0 Å². The Balaban J connectivity index is 1.93. The molecule has 0 spiro atoms. The van der Waals surface area contributed by atoms with Crippen LogP contribution in [-0.2, 0) is 16.0 Å². The van der Waals surface area contributed by atoms with Crippen molar-refractivity contribution >= 4 is 17.8 Å². The van der Waals surface area contributed by atoms with Gasteiger partial charge in [0, 0.05) is 17.2 Å². The number of ketones is 1. The first kappa shape index (κ1) is 20.2. The van der Waals surface area contributed by atoms with Crippen LogP contribution in [0.25, 0.3) is 6.08 Å². The fourth-order valence-corrected chi connectivity index (χ4v) is 2.54. The highest BCUT2D eigenvalue weighted by Gasteiger charge is 2.09. The Morgan fingerprint density at radius 2 is 1.74 bits per heavy atom. The molecule has 0 N–H and O–H groups in total. The smallest absolute Gasteiger partial charge is 0.331 e. The predicted molar refractivity (Wildman–Crippen MR) is 104 cm³/mol. The third-order valence-electron chi connectivity index (χ3n) is 4.00. The van der Waals surface area contributed by atoms with Crippen molar-refractivity contribution in [3.05, 3.63) is 65.2 Å². The molecule has 0 atom stereocenters. The number of carbonyl (C=O) groups excluding carboxylic acids is 2. The monoisotopic (exact) mass is 368 g/mol. The fraction of sp³-hybridized carbons (Fsp3) is 0.273. The summed E-state index contributed by atoms with van der Waals surface area (Å²) >= 11 is 0. The number of benzene rings is 2. The average Bonchev–Trinajstić information content (AvgIpc) is 2.71. The SMILES string of the molecule is CCCc1ccc(C(=O)COC(=O)/C=C/c2cc(OC)ccc2OC)cc1. The molecule has 142 valence electrons. The zero-order valence-electron chi connectivity index (χ0n) is 15.9. The van der Waals surface area contributed by atoms with Crippen molar-refractivity contribution in [3.8, 4) is 11.5 Å². The number of rotatable bonds is 9. The van der Waals surface area contributed by atoms with E-state index in [9.17, 15) is 9.59 Å². The second-order valence-electron chi connectivity index (χ2n) is 5.92. The number of hydrogen-bond acceptors (Lipinski definition) is 5. The number of methoxy groups -OCH3 is 2.